The monoisotopic (exact) mass is 251 g/mol. The zero-order valence-electron chi connectivity index (χ0n) is 9.50. The van der Waals surface area contributed by atoms with Gasteiger partial charge in [0.25, 0.3) is 0 Å². The molecular formula is C10H13F4N3. The highest BCUT2D eigenvalue weighted by Gasteiger charge is 2.71. The normalized spacial score (nSPS) is 25.9. The first-order valence-corrected chi connectivity index (χ1v) is 5.39. The van der Waals surface area contributed by atoms with Gasteiger partial charge in [0.15, 0.2) is 0 Å². The molecule has 1 aromatic rings. The van der Waals surface area contributed by atoms with Gasteiger partial charge in [0.2, 0.25) is 0 Å². The molecule has 1 saturated carbocycles. The van der Waals surface area contributed by atoms with Crippen LogP contribution in [0.4, 0.5) is 17.6 Å². The molecule has 1 atom stereocenters. The van der Waals surface area contributed by atoms with Crippen LogP contribution in [0.2, 0.25) is 0 Å². The van der Waals surface area contributed by atoms with Crippen molar-refractivity contribution in [2.45, 2.75) is 44.6 Å². The van der Waals surface area contributed by atoms with Crippen LogP contribution in [0.25, 0.3) is 0 Å². The van der Waals surface area contributed by atoms with E-state index in [0.29, 0.717) is 5.69 Å². The summed E-state index contributed by atoms with van der Waals surface area (Å²) in [7, 11) is 0. The second-order valence-corrected chi connectivity index (χ2v) is 4.71. The van der Waals surface area contributed by atoms with Crippen molar-refractivity contribution in [3.8, 4) is 0 Å². The van der Waals surface area contributed by atoms with E-state index in [4.69, 9.17) is 0 Å². The average molecular weight is 251 g/mol. The number of nitrogens with zero attached hydrogens (tertiary/aromatic N) is 3. The molecule has 0 radical (unpaired) electrons. The van der Waals surface area contributed by atoms with E-state index >= 15 is 0 Å². The van der Waals surface area contributed by atoms with E-state index in [1.807, 2.05) is 13.8 Å². The summed E-state index contributed by atoms with van der Waals surface area (Å²) in [5, 5.41) is 7.77. The van der Waals surface area contributed by atoms with Crippen LogP contribution in [0.15, 0.2) is 6.20 Å². The maximum atomic E-state index is 13.0. The van der Waals surface area contributed by atoms with Crippen LogP contribution in [0.5, 0.6) is 0 Å². The average Bonchev–Trinajstić information content (AvgIpc) is 2.65. The van der Waals surface area contributed by atoms with Gasteiger partial charge in [-0.2, -0.15) is 32.6 Å². The molecule has 0 amide bonds. The van der Waals surface area contributed by atoms with Gasteiger partial charge in [-0.1, -0.05) is 13.8 Å². The fourth-order valence-corrected chi connectivity index (χ4v) is 1.78. The van der Waals surface area contributed by atoms with E-state index in [-0.39, 0.29) is 12.5 Å². The molecule has 0 bridgehead atoms. The summed E-state index contributed by atoms with van der Waals surface area (Å²) in [6.45, 7) is 3.51. The number of halogens is 4. The summed E-state index contributed by atoms with van der Waals surface area (Å²) in [4.78, 5) is 1.07. The van der Waals surface area contributed by atoms with Crippen molar-refractivity contribution in [1.82, 2.24) is 15.0 Å². The van der Waals surface area contributed by atoms with Gasteiger partial charge in [0, 0.05) is 6.42 Å². The lowest BCUT2D eigenvalue weighted by molar-refractivity contribution is -0.316. The highest BCUT2D eigenvalue weighted by Crippen LogP contribution is 2.55. The Morgan fingerprint density at radius 1 is 1.41 bits per heavy atom. The van der Waals surface area contributed by atoms with Gasteiger partial charge in [-0.05, 0) is 5.92 Å². The lowest BCUT2D eigenvalue weighted by atomic mass is 9.77. The maximum absolute atomic E-state index is 13.0. The van der Waals surface area contributed by atoms with E-state index in [1.54, 1.807) is 0 Å². The molecule has 96 valence electrons. The molecule has 0 aliphatic heterocycles. The molecule has 1 heterocycles. The quantitative estimate of drug-likeness (QED) is 0.773. The Labute approximate surface area is 95.8 Å². The summed E-state index contributed by atoms with van der Waals surface area (Å²) >= 11 is 0. The van der Waals surface area contributed by atoms with Crippen molar-refractivity contribution < 1.29 is 17.6 Å². The Hall–Kier alpha value is -1.14. The first-order valence-electron chi connectivity index (χ1n) is 5.39. The lowest BCUT2D eigenvalue weighted by Crippen LogP contribution is -2.59. The number of rotatable bonds is 3. The second kappa shape index (κ2) is 3.68. The van der Waals surface area contributed by atoms with Gasteiger partial charge in [-0.25, -0.2) is 0 Å². The van der Waals surface area contributed by atoms with Crippen LogP contribution in [-0.2, 0) is 6.54 Å². The minimum absolute atomic E-state index is 0.132. The molecule has 1 fully saturated rings. The fraction of sp³-hybridized carbons (Fsp3) is 0.800. The van der Waals surface area contributed by atoms with Gasteiger partial charge >= 0.3 is 11.8 Å². The van der Waals surface area contributed by atoms with Crippen LogP contribution < -0.4 is 0 Å². The molecular weight excluding hydrogens is 238 g/mol. The number of hydrogen-bond acceptors (Lipinski definition) is 2. The van der Waals surface area contributed by atoms with Gasteiger partial charge in [-0.3, -0.25) is 0 Å². The second-order valence-electron chi connectivity index (χ2n) is 4.71. The molecule has 0 saturated heterocycles. The molecule has 7 heteroatoms. The molecule has 1 unspecified atom stereocenters. The molecule has 1 aliphatic carbocycles. The van der Waals surface area contributed by atoms with E-state index in [1.165, 1.54) is 6.20 Å². The predicted octanol–water partition coefficient (Wildman–Crippen LogP) is 2.69. The zero-order valence-corrected chi connectivity index (χ0v) is 9.50. The largest absolute Gasteiger partial charge is 0.315 e. The molecule has 0 N–H and O–H groups in total. The molecule has 3 nitrogen and oxygen atoms in total. The number of aromatic nitrogens is 3. The third kappa shape index (κ3) is 1.91. The molecule has 17 heavy (non-hydrogen) atoms. The lowest BCUT2D eigenvalue weighted by Gasteiger charge is -2.43. The van der Waals surface area contributed by atoms with E-state index in [0.717, 1.165) is 4.80 Å². The Bertz CT molecular complexity index is 413. The molecule has 0 aromatic carbocycles. The Morgan fingerprint density at radius 3 is 2.47 bits per heavy atom. The summed E-state index contributed by atoms with van der Waals surface area (Å²) in [5.41, 5.74) is 0.666. The third-order valence-electron chi connectivity index (χ3n) is 3.03. The zero-order chi connectivity index (χ0) is 12.8. The van der Waals surface area contributed by atoms with Crippen LogP contribution in [0, 0.1) is 5.92 Å². The third-order valence-corrected chi connectivity index (χ3v) is 3.03. The smallest absolute Gasteiger partial charge is 0.200 e. The summed E-state index contributed by atoms with van der Waals surface area (Å²) in [6.07, 6.45) is 0.665. The van der Waals surface area contributed by atoms with Crippen LogP contribution >= 0.6 is 0 Å². The highest BCUT2D eigenvalue weighted by atomic mass is 19.3. The summed E-state index contributed by atoms with van der Waals surface area (Å²) < 4.78 is 51.2. The standard InChI is InChI=1S/C10H13F4N3/c1-6(2)8-4-15-17(16-8)5-7-3-9(11,12)10(7,13)14/h4,6-7H,3,5H2,1-2H3. The van der Waals surface area contributed by atoms with Crippen molar-refractivity contribution >= 4 is 0 Å². The first-order chi connectivity index (χ1) is 7.74. The maximum Gasteiger partial charge on any atom is 0.315 e. The van der Waals surface area contributed by atoms with Crippen molar-refractivity contribution in [3.05, 3.63) is 11.9 Å². The van der Waals surface area contributed by atoms with Crippen LogP contribution in [-0.4, -0.2) is 26.8 Å². The Morgan fingerprint density at radius 2 is 2.06 bits per heavy atom. The van der Waals surface area contributed by atoms with E-state index in [9.17, 15) is 17.6 Å². The van der Waals surface area contributed by atoms with Crippen molar-refractivity contribution in [3.63, 3.8) is 0 Å². The molecule has 1 aliphatic rings. The Balaban J connectivity index is 2.03. The van der Waals surface area contributed by atoms with Crippen molar-refractivity contribution in [2.24, 2.45) is 5.92 Å². The molecule has 1 aromatic heterocycles. The molecule has 0 spiro atoms. The highest BCUT2D eigenvalue weighted by molar-refractivity contribution is 5.03. The molecule has 2 rings (SSSR count). The van der Waals surface area contributed by atoms with Gasteiger partial charge in [0.05, 0.1) is 24.4 Å². The van der Waals surface area contributed by atoms with Gasteiger partial charge < -0.3 is 0 Å². The topological polar surface area (TPSA) is 30.7 Å². The van der Waals surface area contributed by atoms with Gasteiger partial charge in [-0.15, -0.1) is 0 Å². The predicted molar refractivity (Wildman–Crippen MR) is 52.1 cm³/mol. The fourth-order valence-electron chi connectivity index (χ4n) is 1.78. The SMILES string of the molecule is CC(C)c1cnn(CC2CC(F)(F)C2(F)F)n1. The van der Waals surface area contributed by atoms with Crippen molar-refractivity contribution in [1.29, 1.82) is 0 Å². The summed E-state index contributed by atoms with van der Waals surface area (Å²) in [6, 6.07) is 0. The number of hydrogen-bond donors (Lipinski definition) is 0. The summed E-state index contributed by atoms with van der Waals surface area (Å²) in [5.74, 6) is -9.08. The van der Waals surface area contributed by atoms with Crippen LogP contribution in [0.1, 0.15) is 31.9 Å². The van der Waals surface area contributed by atoms with Crippen molar-refractivity contribution in [2.75, 3.05) is 0 Å². The first kappa shape index (κ1) is 12.3. The van der Waals surface area contributed by atoms with E-state index in [2.05, 4.69) is 10.2 Å². The van der Waals surface area contributed by atoms with Gasteiger partial charge in [0.1, 0.15) is 0 Å². The minimum Gasteiger partial charge on any atom is -0.200 e. The number of alkyl halides is 4. The minimum atomic E-state index is -3.95. The van der Waals surface area contributed by atoms with Crippen LogP contribution in [0.3, 0.4) is 0 Å². The Kier molecular flexibility index (Phi) is 2.67. The van der Waals surface area contributed by atoms with E-state index < -0.39 is 24.2 Å².